The SMILES string of the molecule is O=C(Nc1cccc(-c2nc3ccccc3s2)c1)c1cc(I)ccc1Cl. The molecule has 0 aliphatic rings. The summed E-state index contributed by atoms with van der Waals surface area (Å²) in [6, 6.07) is 21.1. The molecule has 0 radical (unpaired) electrons. The summed E-state index contributed by atoms with van der Waals surface area (Å²) in [5.74, 6) is -0.227. The number of anilines is 1. The summed E-state index contributed by atoms with van der Waals surface area (Å²) < 4.78 is 2.10. The fourth-order valence-corrected chi connectivity index (χ4v) is 4.25. The van der Waals surface area contributed by atoms with Gasteiger partial charge in [0, 0.05) is 14.8 Å². The first-order valence-corrected chi connectivity index (χ1v) is 10.1. The highest BCUT2D eigenvalue weighted by atomic mass is 127. The minimum absolute atomic E-state index is 0.227. The zero-order chi connectivity index (χ0) is 18.1. The second-order valence-electron chi connectivity index (χ2n) is 5.65. The molecule has 0 bridgehead atoms. The van der Waals surface area contributed by atoms with E-state index < -0.39 is 0 Å². The Kier molecular flexibility index (Phi) is 4.93. The van der Waals surface area contributed by atoms with Gasteiger partial charge in [-0.05, 0) is 65.1 Å². The van der Waals surface area contributed by atoms with E-state index in [9.17, 15) is 4.79 Å². The highest BCUT2D eigenvalue weighted by Crippen LogP contribution is 2.31. The molecule has 0 atom stereocenters. The lowest BCUT2D eigenvalue weighted by Gasteiger charge is -2.08. The number of hydrogen-bond acceptors (Lipinski definition) is 3. The monoisotopic (exact) mass is 490 g/mol. The van der Waals surface area contributed by atoms with Crippen LogP contribution < -0.4 is 5.32 Å². The Balaban J connectivity index is 1.63. The lowest BCUT2D eigenvalue weighted by atomic mass is 10.1. The van der Waals surface area contributed by atoms with Gasteiger partial charge in [-0.3, -0.25) is 4.79 Å². The number of benzene rings is 3. The zero-order valence-electron chi connectivity index (χ0n) is 13.4. The number of fused-ring (bicyclic) bond motifs is 1. The standard InChI is InChI=1S/C20H12ClIN2OS/c21-16-9-8-13(22)11-15(16)19(25)23-14-5-3-4-12(10-14)20-24-17-6-1-2-7-18(17)26-20/h1-11H,(H,23,25). The Labute approximate surface area is 173 Å². The number of aromatic nitrogens is 1. The van der Waals surface area contributed by atoms with E-state index in [1.165, 1.54) is 0 Å². The molecule has 3 aromatic carbocycles. The molecule has 3 nitrogen and oxygen atoms in total. The lowest BCUT2D eigenvalue weighted by Crippen LogP contribution is -2.12. The molecule has 0 spiro atoms. The third-order valence-corrected chi connectivity index (χ3v) is 5.92. The highest BCUT2D eigenvalue weighted by molar-refractivity contribution is 14.1. The van der Waals surface area contributed by atoms with Crippen molar-refractivity contribution in [2.24, 2.45) is 0 Å². The maximum absolute atomic E-state index is 12.6. The van der Waals surface area contributed by atoms with Crippen LogP contribution in [-0.2, 0) is 0 Å². The number of carbonyl (C=O) groups is 1. The predicted octanol–water partition coefficient (Wildman–Crippen LogP) is 6.47. The molecule has 26 heavy (non-hydrogen) atoms. The lowest BCUT2D eigenvalue weighted by molar-refractivity contribution is 0.102. The predicted molar refractivity (Wildman–Crippen MR) is 117 cm³/mol. The molecular formula is C20H12ClIN2OS. The van der Waals surface area contributed by atoms with E-state index in [1.54, 1.807) is 23.5 Å². The Bertz CT molecular complexity index is 1090. The average Bonchev–Trinajstić information content (AvgIpc) is 3.08. The van der Waals surface area contributed by atoms with Crippen LogP contribution in [0.15, 0.2) is 66.7 Å². The molecule has 0 saturated heterocycles. The summed E-state index contributed by atoms with van der Waals surface area (Å²) in [5, 5.41) is 4.28. The molecule has 1 amide bonds. The summed E-state index contributed by atoms with van der Waals surface area (Å²) in [7, 11) is 0. The summed E-state index contributed by atoms with van der Waals surface area (Å²) in [6.07, 6.45) is 0. The van der Waals surface area contributed by atoms with Gasteiger partial charge >= 0.3 is 0 Å². The second-order valence-corrected chi connectivity index (χ2v) is 8.33. The Hall–Kier alpha value is -1.96. The van der Waals surface area contributed by atoms with Gasteiger partial charge < -0.3 is 5.32 Å². The number of halogens is 2. The fourth-order valence-electron chi connectivity index (χ4n) is 2.60. The third kappa shape index (κ3) is 3.60. The van der Waals surface area contributed by atoms with Gasteiger partial charge in [-0.1, -0.05) is 35.9 Å². The third-order valence-electron chi connectivity index (χ3n) is 3.83. The normalized spacial score (nSPS) is 10.8. The Morgan fingerprint density at radius 2 is 1.88 bits per heavy atom. The first-order valence-electron chi connectivity index (χ1n) is 7.82. The quantitative estimate of drug-likeness (QED) is 0.334. The number of para-hydroxylation sites is 1. The van der Waals surface area contributed by atoms with Crippen LogP contribution in [0.3, 0.4) is 0 Å². The van der Waals surface area contributed by atoms with Gasteiger partial charge in [0.2, 0.25) is 0 Å². The number of thiazole rings is 1. The molecule has 0 aliphatic carbocycles. The summed E-state index contributed by atoms with van der Waals surface area (Å²) in [4.78, 5) is 17.2. The number of carbonyl (C=O) groups excluding carboxylic acids is 1. The van der Waals surface area contributed by atoms with Gasteiger partial charge in [0.25, 0.3) is 5.91 Å². The van der Waals surface area contributed by atoms with Crippen LogP contribution in [0, 0.1) is 3.57 Å². The van der Waals surface area contributed by atoms with E-state index in [1.807, 2.05) is 48.5 Å². The van der Waals surface area contributed by atoms with E-state index in [0.29, 0.717) is 16.3 Å². The van der Waals surface area contributed by atoms with Crippen LogP contribution in [-0.4, -0.2) is 10.9 Å². The molecule has 0 aliphatic heterocycles. The van der Waals surface area contributed by atoms with Gasteiger partial charge in [0.15, 0.2) is 0 Å². The van der Waals surface area contributed by atoms with E-state index in [4.69, 9.17) is 11.6 Å². The zero-order valence-corrected chi connectivity index (χ0v) is 17.1. The van der Waals surface area contributed by atoms with Gasteiger partial charge in [0.05, 0.1) is 20.8 Å². The number of hydrogen-bond donors (Lipinski definition) is 1. The largest absolute Gasteiger partial charge is 0.322 e. The molecule has 1 heterocycles. The topological polar surface area (TPSA) is 42.0 Å². The smallest absolute Gasteiger partial charge is 0.257 e. The molecule has 0 unspecified atom stereocenters. The molecule has 1 aromatic heterocycles. The van der Waals surface area contributed by atoms with Crippen LogP contribution in [0.4, 0.5) is 5.69 Å². The van der Waals surface area contributed by atoms with Gasteiger partial charge in [-0.15, -0.1) is 11.3 Å². The van der Waals surface area contributed by atoms with Crippen LogP contribution in [0.5, 0.6) is 0 Å². The van der Waals surface area contributed by atoms with Crippen LogP contribution in [0.1, 0.15) is 10.4 Å². The summed E-state index contributed by atoms with van der Waals surface area (Å²) in [6.45, 7) is 0. The van der Waals surface area contributed by atoms with Gasteiger partial charge in [-0.25, -0.2) is 4.98 Å². The molecule has 0 saturated carbocycles. The molecule has 4 rings (SSSR count). The molecular weight excluding hydrogens is 479 g/mol. The minimum atomic E-state index is -0.227. The van der Waals surface area contributed by atoms with Crippen LogP contribution >= 0.6 is 45.5 Å². The summed E-state index contributed by atoms with van der Waals surface area (Å²) >= 11 is 9.95. The number of nitrogens with zero attached hydrogens (tertiary/aromatic N) is 1. The first kappa shape index (κ1) is 17.5. The number of amides is 1. The average molecular weight is 491 g/mol. The fraction of sp³-hybridized carbons (Fsp3) is 0. The van der Waals surface area contributed by atoms with Crippen molar-refractivity contribution in [2.45, 2.75) is 0 Å². The molecule has 128 valence electrons. The van der Waals surface area contributed by atoms with Crippen LogP contribution in [0.25, 0.3) is 20.8 Å². The van der Waals surface area contributed by atoms with E-state index in [2.05, 4.69) is 39.0 Å². The van der Waals surface area contributed by atoms with Crippen molar-refractivity contribution in [1.29, 1.82) is 0 Å². The van der Waals surface area contributed by atoms with Crippen molar-refractivity contribution in [3.05, 3.63) is 80.9 Å². The Morgan fingerprint density at radius 3 is 2.73 bits per heavy atom. The molecule has 4 aromatic rings. The summed E-state index contributed by atoms with van der Waals surface area (Å²) in [5.41, 5.74) is 3.12. The number of nitrogens with one attached hydrogen (secondary N) is 1. The first-order chi connectivity index (χ1) is 12.6. The van der Waals surface area contributed by atoms with Crippen molar-refractivity contribution in [3.8, 4) is 10.6 Å². The van der Waals surface area contributed by atoms with Gasteiger partial charge in [0.1, 0.15) is 5.01 Å². The molecule has 0 fully saturated rings. The van der Waals surface area contributed by atoms with E-state index >= 15 is 0 Å². The van der Waals surface area contributed by atoms with E-state index in [0.717, 1.165) is 24.4 Å². The van der Waals surface area contributed by atoms with Crippen molar-refractivity contribution in [1.82, 2.24) is 4.98 Å². The van der Waals surface area contributed by atoms with E-state index in [-0.39, 0.29) is 5.91 Å². The molecule has 6 heteroatoms. The van der Waals surface area contributed by atoms with Gasteiger partial charge in [-0.2, -0.15) is 0 Å². The van der Waals surface area contributed by atoms with Crippen molar-refractivity contribution in [3.63, 3.8) is 0 Å². The van der Waals surface area contributed by atoms with Crippen molar-refractivity contribution < 1.29 is 4.79 Å². The Morgan fingerprint density at radius 1 is 1.04 bits per heavy atom. The van der Waals surface area contributed by atoms with Crippen molar-refractivity contribution in [2.75, 3.05) is 5.32 Å². The van der Waals surface area contributed by atoms with Crippen LogP contribution in [0.2, 0.25) is 5.02 Å². The van der Waals surface area contributed by atoms with Crippen molar-refractivity contribution >= 4 is 67.3 Å². The maximum Gasteiger partial charge on any atom is 0.257 e. The number of rotatable bonds is 3. The highest BCUT2D eigenvalue weighted by Gasteiger charge is 2.12. The maximum atomic E-state index is 12.6. The minimum Gasteiger partial charge on any atom is -0.322 e. The molecule has 1 N–H and O–H groups in total. The second kappa shape index (κ2) is 7.34.